The van der Waals surface area contributed by atoms with Crippen molar-refractivity contribution >= 4 is 5.97 Å². The second-order valence-electron chi connectivity index (χ2n) is 16.3. The summed E-state index contributed by atoms with van der Waals surface area (Å²) < 4.78 is 28.8. The maximum absolute atomic E-state index is 12.5. The van der Waals surface area contributed by atoms with Crippen LogP contribution in [0.4, 0.5) is 0 Å². The predicted octanol–water partition coefficient (Wildman–Crippen LogP) is 14.4. The number of esters is 1. The molecular formula is C51H95NO6. The average Bonchev–Trinajstić information content (AvgIpc) is 3.21. The number of rotatable bonds is 47. The van der Waals surface area contributed by atoms with Gasteiger partial charge >= 0.3 is 5.97 Å². The molecule has 0 heterocycles. The lowest BCUT2D eigenvalue weighted by Gasteiger charge is -2.18. The van der Waals surface area contributed by atoms with Crippen molar-refractivity contribution in [2.45, 2.75) is 213 Å². The van der Waals surface area contributed by atoms with Gasteiger partial charge in [-0.3, -0.25) is 4.79 Å². The molecule has 58 heavy (non-hydrogen) atoms. The highest BCUT2D eigenvalue weighted by Gasteiger charge is 2.14. The molecule has 0 aromatic rings. The first kappa shape index (κ1) is 56.2. The van der Waals surface area contributed by atoms with Crippen LogP contribution >= 0.6 is 0 Å². The SMILES string of the molecule is CCCCCC=CCC=CCCCCCCCCOCOCCCC(CCCOCOCCCCCCCCC=CCC=CCCCCC)OC(=O)CCCN(C)C. The van der Waals surface area contributed by atoms with E-state index in [4.69, 9.17) is 23.7 Å². The molecule has 0 spiro atoms. The first-order valence-electron chi connectivity index (χ1n) is 24.3. The number of carbonyl (C=O) groups is 1. The molecule has 0 amide bonds. The monoisotopic (exact) mass is 818 g/mol. The molecule has 0 N–H and O–H groups in total. The molecule has 0 unspecified atom stereocenters. The first-order valence-corrected chi connectivity index (χ1v) is 24.3. The average molecular weight is 818 g/mol. The lowest BCUT2D eigenvalue weighted by Crippen LogP contribution is -2.21. The number of carbonyl (C=O) groups excluding carboxylic acids is 1. The van der Waals surface area contributed by atoms with E-state index in [1.54, 1.807) is 0 Å². The van der Waals surface area contributed by atoms with Crippen LogP contribution in [-0.2, 0) is 28.5 Å². The maximum Gasteiger partial charge on any atom is 0.306 e. The van der Waals surface area contributed by atoms with Crippen LogP contribution in [0.3, 0.4) is 0 Å². The standard InChI is InChI=1S/C51H95NO6/c1-5-7-9-11-13-15-17-19-21-23-25-27-29-31-33-35-44-54-48-56-46-38-40-50(58-51(53)42-37-43-52(3)4)41-39-47-57-49-55-45-36-34-32-30-28-26-24-22-20-18-16-14-12-10-8-6-2/h13-16,19-22,50H,5-12,17-18,23-49H2,1-4H3. The highest BCUT2D eigenvalue weighted by Crippen LogP contribution is 2.14. The zero-order chi connectivity index (χ0) is 42.1. The number of allylic oxidation sites excluding steroid dienone is 8. The topological polar surface area (TPSA) is 66.5 Å². The minimum Gasteiger partial charge on any atom is -0.462 e. The van der Waals surface area contributed by atoms with Crippen molar-refractivity contribution in [3.05, 3.63) is 48.6 Å². The first-order chi connectivity index (χ1) is 28.6. The number of nitrogens with zero attached hydrogens (tertiary/aromatic N) is 1. The molecule has 0 saturated heterocycles. The van der Waals surface area contributed by atoms with Crippen LogP contribution < -0.4 is 0 Å². The fraction of sp³-hybridized carbons (Fsp3) is 0.824. The van der Waals surface area contributed by atoms with Crippen molar-refractivity contribution in [1.29, 1.82) is 0 Å². The van der Waals surface area contributed by atoms with Gasteiger partial charge < -0.3 is 28.6 Å². The van der Waals surface area contributed by atoms with E-state index in [1.165, 1.54) is 128 Å². The van der Waals surface area contributed by atoms with E-state index in [2.05, 4.69) is 67.4 Å². The molecule has 0 fully saturated rings. The molecule has 0 aliphatic rings. The quantitative estimate of drug-likeness (QED) is 0.0262. The minimum atomic E-state index is -0.113. The van der Waals surface area contributed by atoms with Gasteiger partial charge in [0.2, 0.25) is 0 Å². The van der Waals surface area contributed by atoms with Crippen molar-refractivity contribution in [3.63, 3.8) is 0 Å². The zero-order valence-corrected chi connectivity index (χ0v) is 38.8. The van der Waals surface area contributed by atoms with Gasteiger partial charge in [-0.15, -0.1) is 0 Å². The van der Waals surface area contributed by atoms with Gasteiger partial charge in [0.15, 0.2) is 0 Å². The fourth-order valence-electron chi connectivity index (χ4n) is 6.61. The third-order valence-electron chi connectivity index (χ3n) is 10.2. The van der Waals surface area contributed by atoms with E-state index in [-0.39, 0.29) is 12.1 Å². The summed E-state index contributed by atoms with van der Waals surface area (Å²) in [5, 5.41) is 0. The summed E-state index contributed by atoms with van der Waals surface area (Å²) in [6.07, 6.45) is 52.9. The van der Waals surface area contributed by atoms with Gasteiger partial charge in [-0.05, 0) is 130 Å². The van der Waals surface area contributed by atoms with Crippen LogP contribution in [0, 0.1) is 0 Å². The van der Waals surface area contributed by atoms with Crippen LogP contribution in [0.15, 0.2) is 48.6 Å². The molecule has 340 valence electrons. The maximum atomic E-state index is 12.5. The van der Waals surface area contributed by atoms with E-state index >= 15 is 0 Å². The summed E-state index contributed by atoms with van der Waals surface area (Å²) in [4.78, 5) is 14.6. The summed E-state index contributed by atoms with van der Waals surface area (Å²) in [6, 6.07) is 0. The Morgan fingerprint density at radius 2 is 0.810 bits per heavy atom. The van der Waals surface area contributed by atoms with Gasteiger partial charge in [0, 0.05) is 32.8 Å². The van der Waals surface area contributed by atoms with Crippen LogP contribution in [0.25, 0.3) is 0 Å². The van der Waals surface area contributed by atoms with Gasteiger partial charge in [-0.1, -0.05) is 140 Å². The summed E-state index contributed by atoms with van der Waals surface area (Å²) in [7, 11) is 4.05. The van der Waals surface area contributed by atoms with Gasteiger partial charge in [-0.2, -0.15) is 0 Å². The van der Waals surface area contributed by atoms with Crippen molar-refractivity contribution in [1.82, 2.24) is 4.90 Å². The predicted molar refractivity (Wildman–Crippen MR) is 248 cm³/mol. The van der Waals surface area contributed by atoms with Crippen molar-refractivity contribution in [3.8, 4) is 0 Å². The lowest BCUT2D eigenvalue weighted by molar-refractivity contribution is -0.150. The fourth-order valence-corrected chi connectivity index (χ4v) is 6.61. The summed E-state index contributed by atoms with van der Waals surface area (Å²) in [5.74, 6) is -0.109. The molecule has 0 aliphatic heterocycles. The summed E-state index contributed by atoms with van der Waals surface area (Å²) in [5.41, 5.74) is 0. The van der Waals surface area contributed by atoms with Crippen molar-refractivity contribution in [2.75, 3.05) is 60.7 Å². The highest BCUT2D eigenvalue weighted by molar-refractivity contribution is 5.69. The Labute approximate surface area is 360 Å². The molecular weight excluding hydrogens is 723 g/mol. The van der Waals surface area contributed by atoms with Gasteiger partial charge in [-0.25, -0.2) is 0 Å². The van der Waals surface area contributed by atoms with E-state index in [1.807, 2.05) is 14.1 Å². The van der Waals surface area contributed by atoms with Crippen molar-refractivity contribution < 1.29 is 28.5 Å². The van der Waals surface area contributed by atoms with Crippen LogP contribution in [0.5, 0.6) is 0 Å². The Hall–Kier alpha value is -1.77. The molecule has 0 saturated carbocycles. The highest BCUT2D eigenvalue weighted by atomic mass is 16.7. The normalized spacial score (nSPS) is 12.8. The molecule has 0 aromatic carbocycles. The Morgan fingerprint density at radius 1 is 0.448 bits per heavy atom. The second-order valence-corrected chi connectivity index (χ2v) is 16.3. The van der Waals surface area contributed by atoms with E-state index in [0.717, 1.165) is 77.5 Å². The van der Waals surface area contributed by atoms with Crippen LogP contribution in [-0.4, -0.2) is 77.6 Å². The largest absolute Gasteiger partial charge is 0.462 e. The Balaban J connectivity index is 3.84. The Morgan fingerprint density at radius 3 is 1.21 bits per heavy atom. The van der Waals surface area contributed by atoms with E-state index < -0.39 is 0 Å². The molecule has 7 heteroatoms. The molecule has 0 atom stereocenters. The van der Waals surface area contributed by atoms with E-state index in [9.17, 15) is 4.79 Å². The van der Waals surface area contributed by atoms with E-state index in [0.29, 0.717) is 33.2 Å². The number of ether oxygens (including phenoxy) is 5. The van der Waals surface area contributed by atoms with Crippen LogP contribution in [0.2, 0.25) is 0 Å². The molecule has 7 nitrogen and oxygen atoms in total. The third kappa shape index (κ3) is 48.6. The molecule has 0 bridgehead atoms. The Kier molecular flexibility index (Phi) is 48.1. The molecule has 0 rings (SSSR count). The van der Waals surface area contributed by atoms with Gasteiger partial charge in [0.1, 0.15) is 19.7 Å². The van der Waals surface area contributed by atoms with Gasteiger partial charge in [0.05, 0.1) is 0 Å². The summed E-state index contributed by atoms with van der Waals surface area (Å²) in [6.45, 7) is 8.78. The smallest absolute Gasteiger partial charge is 0.306 e. The number of hydrogen-bond acceptors (Lipinski definition) is 7. The van der Waals surface area contributed by atoms with Gasteiger partial charge in [0.25, 0.3) is 0 Å². The Bertz CT molecular complexity index is 872. The second kappa shape index (κ2) is 49.6. The summed E-state index contributed by atoms with van der Waals surface area (Å²) >= 11 is 0. The number of hydrogen-bond donors (Lipinski definition) is 0. The number of unbranched alkanes of at least 4 members (excludes halogenated alkanes) is 18. The van der Waals surface area contributed by atoms with Crippen molar-refractivity contribution in [2.24, 2.45) is 0 Å². The third-order valence-corrected chi connectivity index (χ3v) is 10.2. The van der Waals surface area contributed by atoms with Crippen LogP contribution in [0.1, 0.15) is 206 Å². The zero-order valence-electron chi connectivity index (χ0n) is 38.8. The minimum absolute atomic E-state index is 0.109. The lowest BCUT2D eigenvalue weighted by atomic mass is 10.1. The molecule has 0 aliphatic carbocycles. The molecule has 0 aromatic heterocycles. The molecule has 0 radical (unpaired) electrons.